The fourth-order valence-corrected chi connectivity index (χ4v) is 3.25. The van der Waals surface area contributed by atoms with Crippen molar-refractivity contribution in [3.8, 4) is 5.75 Å². The van der Waals surface area contributed by atoms with Crippen LogP contribution in [0.4, 0.5) is 4.79 Å². The first-order chi connectivity index (χ1) is 12.4. The smallest absolute Gasteiger partial charge is 0.325 e. The van der Waals surface area contributed by atoms with Gasteiger partial charge in [0.25, 0.3) is 5.91 Å². The van der Waals surface area contributed by atoms with Crippen LogP contribution in [-0.2, 0) is 15.1 Å². The van der Waals surface area contributed by atoms with Crippen LogP contribution >= 0.6 is 0 Å². The van der Waals surface area contributed by atoms with Crippen molar-refractivity contribution >= 4 is 17.8 Å². The Bertz CT molecular complexity index is 674. The molecule has 0 aromatic heterocycles. The van der Waals surface area contributed by atoms with Crippen molar-refractivity contribution in [3.05, 3.63) is 29.8 Å². The summed E-state index contributed by atoms with van der Waals surface area (Å²) in [4.78, 5) is 38.6. The van der Waals surface area contributed by atoms with Crippen molar-refractivity contribution in [2.75, 3.05) is 13.7 Å². The average molecular weight is 361 g/mol. The van der Waals surface area contributed by atoms with Crippen LogP contribution in [0.2, 0.25) is 0 Å². The van der Waals surface area contributed by atoms with E-state index < -0.39 is 17.5 Å². The molecule has 0 bridgehead atoms. The summed E-state index contributed by atoms with van der Waals surface area (Å²) >= 11 is 0. The number of hydrogen-bond acceptors (Lipinski definition) is 4. The lowest BCUT2D eigenvalue weighted by Crippen LogP contribution is -2.45. The molecule has 7 heteroatoms. The number of rotatable bonds is 8. The Morgan fingerprint density at radius 2 is 1.92 bits per heavy atom. The van der Waals surface area contributed by atoms with E-state index in [-0.39, 0.29) is 18.5 Å². The molecule has 2 rings (SSSR count). The maximum absolute atomic E-state index is 13.0. The standard InChI is InChI=1S/C19H27N3O4/c1-5-7-13(3)20-16(23)12-22-17(24)19(6-2,21-18(22)25)14-8-10-15(26-4)11-9-14/h8-11,13H,5-7,12H2,1-4H3,(H,20,23)(H,21,25)/t13-,19+/m1/s1. The van der Waals surface area contributed by atoms with Gasteiger partial charge in [-0.2, -0.15) is 0 Å². The molecule has 1 aromatic carbocycles. The van der Waals surface area contributed by atoms with E-state index in [0.717, 1.165) is 17.7 Å². The molecular formula is C19H27N3O4. The van der Waals surface area contributed by atoms with E-state index in [1.54, 1.807) is 31.4 Å². The predicted molar refractivity (Wildman–Crippen MR) is 97.7 cm³/mol. The number of urea groups is 1. The summed E-state index contributed by atoms with van der Waals surface area (Å²) in [6.07, 6.45) is 2.17. The van der Waals surface area contributed by atoms with E-state index in [4.69, 9.17) is 4.74 Å². The summed E-state index contributed by atoms with van der Waals surface area (Å²) in [5.74, 6) is -0.0810. The summed E-state index contributed by atoms with van der Waals surface area (Å²) in [5, 5.41) is 5.59. The number of carbonyl (C=O) groups is 3. The summed E-state index contributed by atoms with van der Waals surface area (Å²) in [6, 6.07) is 6.46. The molecule has 1 aliphatic rings. The highest BCUT2D eigenvalue weighted by molar-refractivity contribution is 6.09. The van der Waals surface area contributed by atoms with Crippen molar-refractivity contribution in [1.82, 2.24) is 15.5 Å². The Morgan fingerprint density at radius 1 is 1.27 bits per heavy atom. The normalized spacial score (nSPS) is 20.7. The molecule has 0 spiro atoms. The van der Waals surface area contributed by atoms with Crippen molar-refractivity contribution in [1.29, 1.82) is 0 Å². The number of nitrogens with zero attached hydrogens (tertiary/aromatic N) is 1. The predicted octanol–water partition coefficient (Wildman–Crippen LogP) is 2.16. The molecular weight excluding hydrogens is 334 g/mol. The van der Waals surface area contributed by atoms with Crippen LogP contribution in [0, 0.1) is 0 Å². The van der Waals surface area contributed by atoms with E-state index in [1.807, 2.05) is 20.8 Å². The quantitative estimate of drug-likeness (QED) is 0.695. The van der Waals surface area contributed by atoms with Gasteiger partial charge in [0, 0.05) is 6.04 Å². The molecule has 7 nitrogen and oxygen atoms in total. The summed E-state index contributed by atoms with van der Waals surface area (Å²) in [6.45, 7) is 5.48. The number of methoxy groups -OCH3 is 1. The third kappa shape index (κ3) is 3.81. The molecule has 0 radical (unpaired) electrons. The molecule has 1 heterocycles. The monoisotopic (exact) mass is 361 g/mol. The van der Waals surface area contributed by atoms with Crippen molar-refractivity contribution in [2.24, 2.45) is 0 Å². The Hall–Kier alpha value is -2.57. The van der Waals surface area contributed by atoms with E-state index in [2.05, 4.69) is 10.6 Å². The number of amides is 4. The van der Waals surface area contributed by atoms with Crippen LogP contribution in [0.5, 0.6) is 5.75 Å². The number of hydrogen-bond donors (Lipinski definition) is 2. The van der Waals surface area contributed by atoms with Crippen molar-refractivity contribution in [3.63, 3.8) is 0 Å². The number of benzene rings is 1. The third-order valence-corrected chi connectivity index (χ3v) is 4.72. The highest BCUT2D eigenvalue weighted by Gasteiger charge is 2.51. The Morgan fingerprint density at radius 3 is 2.46 bits per heavy atom. The van der Waals surface area contributed by atoms with Crippen LogP contribution in [0.3, 0.4) is 0 Å². The second-order valence-electron chi connectivity index (χ2n) is 6.57. The Balaban J connectivity index is 2.18. The fraction of sp³-hybridized carbons (Fsp3) is 0.526. The topological polar surface area (TPSA) is 87.7 Å². The zero-order valence-electron chi connectivity index (χ0n) is 15.8. The van der Waals surface area contributed by atoms with Gasteiger partial charge in [0.05, 0.1) is 7.11 Å². The Kier molecular flexibility index (Phi) is 6.23. The highest BCUT2D eigenvalue weighted by atomic mass is 16.5. The highest BCUT2D eigenvalue weighted by Crippen LogP contribution is 2.33. The van der Waals surface area contributed by atoms with Gasteiger partial charge in [0.15, 0.2) is 0 Å². The van der Waals surface area contributed by atoms with Gasteiger partial charge < -0.3 is 15.4 Å². The molecule has 1 aromatic rings. The Labute approximate surface area is 154 Å². The minimum absolute atomic E-state index is 0.00536. The minimum atomic E-state index is -1.15. The van der Waals surface area contributed by atoms with Gasteiger partial charge >= 0.3 is 6.03 Å². The maximum Gasteiger partial charge on any atom is 0.325 e. The van der Waals surface area contributed by atoms with Gasteiger partial charge in [-0.3, -0.25) is 14.5 Å². The molecule has 2 atom stereocenters. The summed E-state index contributed by atoms with van der Waals surface area (Å²) in [7, 11) is 1.56. The second-order valence-corrected chi connectivity index (χ2v) is 6.57. The molecule has 0 unspecified atom stereocenters. The molecule has 4 amide bonds. The maximum atomic E-state index is 13.0. The van der Waals surface area contributed by atoms with E-state index >= 15 is 0 Å². The first-order valence-corrected chi connectivity index (χ1v) is 8.96. The van der Waals surface area contributed by atoms with Crippen LogP contribution in [0.1, 0.15) is 45.6 Å². The number of imide groups is 1. The zero-order chi connectivity index (χ0) is 19.3. The average Bonchev–Trinajstić information content (AvgIpc) is 2.87. The van der Waals surface area contributed by atoms with Gasteiger partial charge in [-0.25, -0.2) is 4.79 Å². The first kappa shape index (κ1) is 19.8. The van der Waals surface area contributed by atoms with Gasteiger partial charge in [-0.05, 0) is 37.5 Å². The van der Waals surface area contributed by atoms with Crippen LogP contribution in [0.25, 0.3) is 0 Å². The van der Waals surface area contributed by atoms with E-state index in [9.17, 15) is 14.4 Å². The van der Waals surface area contributed by atoms with E-state index in [0.29, 0.717) is 17.7 Å². The van der Waals surface area contributed by atoms with Gasteiger partial charge in [-0.15, -0.1) is 0 Å². The number of carbonyl (C=O) groups excluding carboxylic acids is 3. The molecule has 1 aliphatic heterocycles. The molecule has 1 saturated heterocycles. The van der Waals surface area contributed by atoms with Crippen molar-refractivity contribution in [2.45, 2.75) is 51.6 Å². The molecule has 1 fully saturated rings. The van der Waals surface area contributed by atoms with Crippen LogP contribution in [-0.4, -0.2) is 42.4 Å². The summed E-state index contributed by atoms with van der Waals surface area (Å²) in [5.41, 5.74) is -0.486. The summed E-state index contributed by atoms with van der Waals surface area (Å²) < 4.78 is 5.14. The van der Waals surface area contributed by atoms with Crippen LogP contribution in [0.15, 0.2) is 24.3 Å². The molecule has 26 heavy (non-hydrogen) atoms. The lowest BCUT2D eigenvalue weighted by molar-refractivity contribution is -0.135. The molecule has 142 valence electrons. The van der Waals surface area contributed by atoms with Gasteiger partial charge in [-0.1, -0.05) is 32.4 Å². The lowest BCUT2D eigenvalue weighted by Gasteiger charge is -2.26. The molecule has 0 aliphatic carbocycles. The SMILES string of the molecule is CCC[C@@H](C)NC(=O)CN1C(=O)N[C@@](CC)(c2ccc(OC)cc2)C1=O. The van der Waals surface area contributed by atoms with Crippen LogP contribution < -0.4 is 15.4 Å². The zero-order valence-corrected chi connectivity index (χ0v) is 15.8. The minimum Gasteiger partial charge on any atom is -0.497 e. The third-order valence-electron chi connectivity index (χ3n) is 4.72. The molecule has 0 saturated carbocycles. The number of ether oxygens (including phenoxy) is 1. The first-order valence-electron chi connectivity index (χ1n) is 8.96. The van der Waals surface area contributed by atoms with Gasteiger partial charge in [0.1, 0.15) is 17.8 Å². The van der Waals surface area contributed by atoms with Gasteiger partial charge in [0.2, 0.25) is 5.91 Å². The van der Waals surface area contributed by atoms with E-state index in [1.165, 1.54) is 0 Å². The molecule has 2 N–H and O–H groups in total. The number of nitrogens with one attached hydrogen (secondary N) is 2. The van der Waals surface area contributed by atoms with Crippen molar-refractivity contribution < 1.29 is 19.1 Å². The fourth-order valence-electron chi connectivity index (χ4n) is 3.25. The largest absolute Gasteiger partial charge is 0.497 e. The lowest BCUT2D eigenvalue weighted by atomic mass is 9.87. The second kappa shape index (κ2) is 8.21.